The number of sulfonamides is 1. The molecule has 4 fully saturated rings. The van der Waals surface area contributed by atoms with E-state index in [4.69, 9.17) is 4.74 Å². The largest absolute Gasteiger partial charge is 0.477 e. The van der Waals surface area contributed by atoms with Crippen LogP contribution in [0.5, 0.6) is 5.88 Å². The standard InChI is InChI=1S/C26H31N7O4S2/c1-2-37-24-12-27-10-21(30-24)23-11-29-26(38-23)25(34)31-22(15-33-13-16-7-17(8-16)14-33)20-9-18(5-6-28-20)32-39(35,36)19-3-4-19/h5-6,9-12,16-17,19,22H,2-4,7-8,13-15H2,1H3,(H,28,32)(H,31,34)/t16?,17?,22-/m0/s1. The lowest BCUT2D eigenvalue weighted by Crippen LogP contribution is -2.51. The zero-order valence-electron chi connectivity index (χ0n) is 21.6. The van der Waals surface area contributed by atoms with Crippen LogP contribution in [0.4, 0.5) is 5.69 Å². The molecule has 0 aromatic carbocycles. The fraction of sp³-hybridized carbons (Fsp3) is 0.500. The van der Waals surface area contributed by atoms with Crippen molar-refractivity contribution < 1.29 is 17.9 Å². The number of carbonyl (C=O) groups is 1. The Labute approximate surface area is 231 Å². The predicted molar refractivity (Wildman–Crippen MR) is 147 cm³/mol. The van der Waals surface area contributed by atoms with Gasteiger partial charge in [-0.15, -0.1) is 11.3 Å². The number of nitrogens with one attached hydrogen (secondary N) is 2. The Morgan fingerprint density at radius 3 is 2.72 bits per heavy atom. The molecule has 7 rings (SSSR count). The average molecular weight is 570 g/mol. The number of carbonyl (C=O) groups excluding carboxylic acids is 1. The summed E-state index contributed by atoms with van der Waals surface area (Å²) in [7, 11) is -3.41. The first-order valence-corrected chi connectivity index (χ1v) is 15.6. The van der Waals surface area contributed by atoms with Gasteiger partial charge in [-0.1, -0.05) is 0 Å². The monoisotopic (exact) mass is 569 g/mol. The third-order valence-electron chi connectivity index (χ3n) is 7.33. The highest BCUT2D eigenvalue weighted by Crippen LogP contribution is 2.40. The van der Waals surface area contributed by atoms with Gasteiger partial charge in [-0.3, -0.25) is 19.5 Å². The molecule has 0 spiro atoms. The van der Waals surface area contributed by atoms with Crippen molar-refractivity contribution in [1.29, 1.82) is 0 Å². The van der Waals surface area contributed by atoms with E-state index in [-0.39, 0.29) is 11.2 Å². The zero-order valence-corrected chi connectivity index (χ0v) is 23.2. The summed E-state index contributed by atoms with van der Waals surface area (Å²) in [6.07, 6.45) is 10.3. The summed E-state index contributed by atoms with van der Waals surface area (Å²) in [5.74, 6) is 1.51. The lowest BCUT2D eigenvalue weighted by Gasteiger charge is -2.48. The lowest BCUT2D eigenvalue weighted by molar-refractivity contribution is 0.0218. The van der Waals surface area contributed by atoms with E-state index in [1.807, 2.05) is 6.92 Å². The second-order valence-electron chi connectivity index (χ2n) is 10.5. The summed E-state index contributed by atoms with van der Waals surface area (Å²) in [4.78, 5) is 34.0. The van der Waals surface area contributed by atoms with Gasteiger partial charge in [-0.25, -0.2) is 18.4 Å². The van der Waals surface area contributed by atoms with E-state index < -0.39 is 16.1 Å². The summed E-state index contributed by atoms with van der Waals surface area (Å²) in [5, 5.41) is 3.08. The summed E-state index contributed by atoms with van der Waals surface area (Å²) < 4.78 is 33.1. The number of piperidine rings is 2. The molecule has 39 heavy (non-hydrogen) atoms. The second-order valence-corrected chi connectivity index (χ2v) is 13.5. The molecule has 3 aromatic rings. The molecule has 4 aliphatic rings. The smallest absolute Gasteiger partial charge is 0.280 e. The van der Waals surface area contributed by atoms with Crippen LogP contribution in [-0.4, -0.2) is 70.7 Å². The molecule has 2 saturated heterocycles. The van der Waals surface area contributed by atoms with E-state index in [9.17, 15) is 13.2 Å². The number of fused-ring (bicyclic) bond motifs is 2. The van der Waals surface area contributed by atoms with Crippen LogP contribution in [0.3, 0.4) is 0 Å². The Morgan fingerprint density at radius 2 is 1.97 bits per heavy atom. The number of hydrogen-bond acceptors (Lipinski definition) is 10. The summed E-state index contributed by atoms with van der Waals surface area (Å²) in [5.41, 5.74) is 1.64. The van der Waals surface area contributed by atoms with Crippen LogP contribution >= 0.6 is 11.3 Å². The van der Waals surface area contributed by atoms with Crippen LogP contribution in [0.2, 0.25) is 0 Å². The van der Waals surface area contributed by atoms with Gasteiger partial charge in [0.25, 0.3) is 5.91 Å². The highest BCUT2D eigenvalue weighted by molar-refractivity contribution is 7.93. The highest BCUT2D eigenvalue weighted by atomic mass is 32.2. The summed E-state index contributed by atoms with van der Waals surface area (Å²) >= 11 is 1.23. The average Bonchev–Trinajstić information content (AvgIpc) is 3.66. The zero-order chi connectivity index (χ0) is 27.0. The van der Waals surface area contributed by atoms with Gasteiger partial charge in [0.2, 0.25) is 15.9 Å². The number of nitrogens with zero attached hydrogens (tertiary/aromatic N) is 5. The quantitative estimate of drug-likeness (QED) is 0.356. The van der Waals surface area contributed by atoms with Gasteiger partial charge in [0.05, 0.1) is 46.6 Å². The van der Waals surface area contributed by atoms with Crippen molar-refractivity contribution in [1.82, 2.24) is 30.2 Å². The number of aromatic nitrogens is 4. The van der Waals surface area contributed by atoms with E-state index in [0.717, 1.165) is 13.1 Å². The maximum atomic E-state index is 13.4. The Balaban J connectivity index is 1.21. The highest BCUT2D eigenvalue weighted by Gasteiger charge is 2.38. The molecule has 206 valence electrons. The Kier molecular flexibility index (Phi) is 7.21. The minimum atomic E-state index is -3.41. The molecule has 1 amide bonds. The van der Waals surface area contributed by atoms with Gasteiger partial charge >= 0.3 is 0 Å². The molecule has 13 heteroatoms. The van der Waals surface area contributed by atoms with Crippen molar-refractivity contribution >= 4 is 33.0 Å². The first kappa shape index (κ1) is 26.1. The molecule has 2 aliphatic carbocycles. The van der Waals surface area contributed by atoms with Gasteiger partial charge in [-0.2, -0.15) is 0 Å². The van der Waals surface area contributed by atoms with E-state index in [1.165, 1.54) is 24.2 Å². The number of amides is 1. The molecule has 0 radical (unpaired) electrons. The number of hydrogen-bond donors (Lipinski definition) is 2. The van der Waals surface area contributed by atoms with Crippen molar-refractivity contribution in [2.45, 2.75) is 43.9 Å². The van der Waals surface area contributed by atoms with Crippen molar-refractivity contribution in [3.05, 3.63) is 47.6 Å². The number of anilines is 1. The molecular weight excluding hydrogens is 538 g/mol. The molecule has 5 heterocycles. The van der Waals surface area contributed by atoms with Gasteiger partial charge in [0.1, 0.15) is 5.69 Å². The SMILES string of the molecule is CCOc1cncc(-c2cnc(C(=O)N[C@@H](CN3CC4CC(C4)C3)c3cc(NS(=O)(=O)C4CC4)ccn3)s2)n1. The maximum Gasteiger partial charge on any atom is 0.280 e. The maximum absolute atomic E-state index is 13.4. The topological polar surface area (TPSA) is 139 Å². The lowest BCUT2D eigenvalue weighted by atomic mass is 9.71. The molecule has 2 N–H and O–H groups in total. The van der Waals surface area contributed by atoms with Crippen LogP contribution in [0.1, 0.15) is 54.1 Å². The first-order chi connectivity index (χ1) is 18.9. The molecule has 2 saturated carbocycles. The van der Waals surface area contributed by atoms with Crippen molar-refractivity contribution in [2.24, 2.45) is 11.8 Å². The third kappa shape index (κ3) is 6.04. The van der Waals surface area contributed by atoms with Gasteiger partial charge in [0, 0.05) is 32.0 Å². The fourth-order valence-corrected chi connectivity index (χ4v) is 7.48. The van der Waals surface area contributed by atoms with Crippen LogP contribution < -0.4 is 14.8 Å². The number of thiazole rings is 1. The minimum absolute atomic E-state index is 0.297. The van der Waals surface area contributed by atoms with Gasteiger partial charge in [0.15, 0.2) is 5.01 Å². The third-order valence-corrected chi connectivity index (χ3v) is 10.2. The number of pyridine rings is 1. The molecule has 0 unspecified atom stereocenters. The predicted octanol–water partition coefficient (Wildman–Crippen LogP) is 3.11. The summed E-state index contributed by atoms with van der Waals surface area (Å²) in [6, 6.07) is 2.93. The van der Waals surface area contributed by atoms with Crippen molar-refractivity contribution in [2.75, 3.05) is 31.0 Å². The molecule has 11 nitrogen and oxygen atoms in total. The number of ether oxygens (including phenoxy) is 1. The normalized spacial score (nSPS) is 21.6. The van der Waals surface area contributed by atoms with E-state index in [2.05, 4.69) is 34.9 Å². The van der Waals surface area contributed by atoms with E-state index >= 15 is 0 Å². The Hall–Kier alpha value is -3.16. The molecule has 2 bridgehead atoms. The fourth-order valence-electron chi connectivity index (χ4n) is 5.33. The molecule has 2 aliphatic heterocycles. The van der Waals surface area contributed by atoms with Crippen molar-refractivity contribution in [3.8, 4) is 16.5 Å². The van der Waals surface area contributed by atoms with Gasteiger partial charge < -0.3 is 15.0 Å². The van der Waals surface area contributed by atoms with Crippen LogP contribution in [-0.2, 0) is 10.0 Å². The van der Waals surface area contributed by atoms with Crippen LogP contribution in [0.15, 0.2) is 36.9 Å². The number of rotatable bonds is 11. The summed E-state index contributed by atoms with van der Waals surface area (Å²) in [6.45, 7) is 4.93. The van der Waals surface area contributed by atoms with E-state index in [0.29, 0.717) is 70.7 Å². The molecule has 3 aromatic heterocycles. The molecule has 1 atom stereocenters. The second kappa shape index (κ2) is 10.8. The first-order valence-electron chi connectivity index (χ1n) is 13.3. The van der Waals surface area contributed by atoms with Crippen LogP contribution in [0.25, 0.3) is 10.6 Å². The minimum Gasteiger partial charge on any atom is -0.477 e. The van der Waals surface area contributed by atoms with Gasteiger partial charge in [-0.05, 0) is 56.6 Å². The van der Waals surface area contributed by atoms with Crippen LogP contribution in [0, 0.1) is 11.8 Å². The molecular formula is C26H31N7O4S2. The Bertz CT molecular complexity index is 1440. The van der Waals surface area contributed by atoms with E-state index in [1.54, 1.807) is 36.9 Å². The van der Waals surface area contributed by atoms with Crippen molar-refractivity contribution in [3.63, 3.8) is 0 Å². The Morgan fingerprint density at radius 1 is 1.18 bits per heavy atom.